The fraction of sp³-hybridized carbons (Fsp3) is 0.714. The second kappa shape index (κ2) is 3.21. The molecule has 0 atom stereocenters. The van der Waals surface area contributed by atoms with E-state index in [1.54, 1.807) is 20.8 Å². The average Bonchev–Trinajstić information content (AvgIpc) is 1.87. The van der Waals surface area contributed by atoms with Crippen LogP contribution in [0.1, 0.15) is 27.2 Å². The molecule has 0 aromatic rings. The van der Waals surface area contributed by atoms with Gasteiger partial charge in [0, 0.05) is 6.42 Å². The van der Waals surface area contributed by atoms with Crippen LogP contribution < -0.4 is 5.32 Å². The van der Waals surface area contributed by atoms with Crippen molar-refractivity contribution in [2.45, 2.75) is 32.7 Å². The highest BCUT2D eigenvalue weighted by atomic mass is 16.1. The molecule has 0 spiro atoms. The molecular weight excluding hydrogens is 128 g/mol. The topological polar surface area (TPSA) is 52.9 Å². The van der Waals surface area contributed by atoms with Gasteiger partial charge in [0.15, 0.2) is 0 Å². The largest absolute Gasteiger partial charge is 0.338 e. The number of carbonyl (C=O) groups excluding carboxylic acids is 1. The maximum atomic E-state index is 10.7. The third-order valence-electron chi connectivity index (χ3n) is 1.05. The smallest absolute Gasteiger partial charge is 0.220 e. The molecule has 0 aromatic heterocycles. The first-order chi connectivity index (χ1) is 4.52. The maximum Gasteiger partial charge on any atom is 0.220 e. The van der Waals surface area contributed by atoms with E-state index < -0.39 is 5.54 Å². The predicted octanol–water partition coefficient (Wildman–Crippen LogP) is 0.815. The van der Waals surface area contributed by atoms with E-state index in [0.717, 1.165) is 0 Å². The van der Waals surface area contributed by atoms with E-state index in [1.165, 1.54) is 0 Å². The van der Waals surface area contributed by atoms with E-state index in [0.29, 0.717) is 6.42 Å². The van der Waals surface area contributed by atoms with Gasteiger partial charge in [0.05, 0.1) is 6.07 Å². The van der Waals surface area contributed by atoms with Crippen molar-refractivity contribution < 1.29 is 4.79 Å². The molecule has 1 N–H and O–H groups in total. The molecule has 0 heterocycles. The van der Waals surface area contributed by atoms with Crippen molar-refractivity contribution in [1.82, 2.24) is 5.32 Å². The van der Waals surface area contributed by atoms with Gasteiger partial charge in [-0.15, -0.1) is 0 Å². The molecule has 56 valence electrons. The first-order valence-electron chi connectivity index (χ1n) is 3.24. The summed E-state index contributed by atoms with van der Waals surface area (Å²) in [6.45, 7) is 5.09. The zero-order valence-corrected chi connectivity index (χ0v) is 6.56. The number of amides is 1. The van der Waals surface area contributed by atoms with Crippen molar-refractivity contribution in [3.63, 3.8) is 0 Å². The second-order valence-corrected chi connectivity index (χ2v) is 2.64. The standard InChI is InChI=1S/C7H12N2O/c1-4-6(10)9-7(2,3)5-8/h4H2,1-3H3,(H,9,10). The van der Waals surface area contributed by atoms with Crippen molar-refractivity contribution in [2.75, 3.05) is 0 Å². The summed E-state index contributed by atoms with van der Waals surface area (Å²) in [5, 5.41) is 11.0. The van der Waals surface area contributed by atoms with Gasteiger partial charge in [-0.25, -0.2) is 0 Å². The predicted molar refractivity (Wildman–Crippen MR) is 38.1 cm³/mol. The van der Waals surface area contributed by atoms with Gasteiger partial charge in [-0.3, -0.25) is 4.79 Å². The number of nitriles is 1. The highest BCUT2D eigenvalue weighted by molar-refractivity contribution is 5.76. The van der Waals surface area contributed by atoms with Gasteiger partial charge < -0.3 is 5.32 Å². The highest BCUT2D eigenvalue weighted by Gasteiger charge is 2.17. The Hall–Kier alpha value is -1.04. The van der Waals surface area contributed by atoms with E-state index in [9.17, 15) is 4.79 Å². The van der Waals surface area contributed by atoms with Crippen LogP contribution in [-0.4, -0.2) is 11.4 Å². The van der Waals surface area contributed by atoms with Crippen LogP contribution >= 0.6 is 0 Å². The molecule has 0 rings (SSSR count). The van der Waals surface area contributed by atoms with Crippen molar-refractivity contribution >= 4 is 5.91 Å². The number of carbonyl (C=O) groups is 1. The van der Waals surface area contributed by atoms with E-state index in [-0.39, 0.29) is 5.91 Å². The molecule has 0 bridgehead atoms. The molecule has 1 amide bonds. The zero-order chi connectivity index (χ0) is 8.20. The summed E-state index contributed by atoms with van der Waals surface area (Å²) in [6.07, 6.45) is 0.422. The normalized spacial score (nSPS) is 10.2. The van der Waals surface area contributed by atoms with Crippen LogP contribution in [0.5, 0.6) is 0 Å². The molecule has 3 nitrogen and oxygen atoms in total. The van der Waals surface area contributed by atoms with E-state index in [2.05, 4.69) is 5.32 Å². The van der Waals surface area contributed by atoms with Gasteiger partial charge in [-0.2, -0.15) is 5.26 Å². The minimum absolute atomic E-state index is 0.0912. The van der Waals surface area contributed by atoms with Crippen LogP contribution in [0, 0.1) is 11.3 Å². The Balaban J connectivity index is 3.92. The van der Waals surface area contributed by atoms with Gasteiger partial charge in [0.1, 0.15) is 5.54 Å². The second-order valence-electron chi connectivity index (χ2n) is 2.64. The minimum atomic E-state index is -0.729. The summed E-state index contributed by atoms with van der Waals surface area (Å²) < 4.78 is 0. The lowest BCUT2D eigenvalue weighted by molar-refractivity contribution is -0.121. The van der Waals surface area contributed by atoms with Crippen LogP contribution in [-0.2, 0) is 4.79 Å². The molecule has 0 unspecified atom stereocenters. The highest BCUT2D eigenvalue weighted by Crippen LogP contribution is 1.98. The maximum absolute atomic E-state index is 10.7. The first kappa shape index (κ1) is 8.96. The van der Waals surface area contributed by atoms with Crippen molar-refractivity contribution in [1.29, 1.82) is 5.26 Å². The van der Waals surface area contributed by atoms with Crippen LogP contribution in [0.4, 0.5) is 0 Å². The first-order valence-corrected chi connectivity index (χ1v) is 3.24. The Morgan fingerprint density at radius 3 is 2.50 bits per heavy atom. The molecule has 0 aromatic carbocycles. The fourth-order valence-corrected chi connectivity index (χ4v) is 0.465. The van der Waals surface area contributed by atoms with E-state index >= 15 is 0 Å². The third-order valence-corrected chi connectivity index (χ3v) is 1.05. The van der Waals surface area contributed by atoms with Gasteiger partial charge in [0.2, 0.25) is 5.91 Å². The van der Waals surface area contributed by atoms with Gasteiger partial charge >= 0.3 is 0 Å². The molecule has 0 aliphatic carbocycles. The molecule has 3 heteroatoms. The molecule has 0 radical (unpaired) electrons. The molecule has 0 aliphatic heterocycles. The van der Waals surface area contributed by atoms with E-state index in [1.807, 2.05) is 6.07 Å². The van der Waals surface area contributed by atoms with Gasteiger partial charge in [-0.1, -0.05) is 6.92 Å². The lowest BCUT2D eigenvalue weighted by Crippen LogP contribution is -2.41. The van der Waals surface area contributed by atoms with E-state index in [4.69, 9.17) is 5.26 Å². The Morgan fingerprint density at radius 2 is 2.20 bits per heavy atom. The summed E-state index contributed by atoms with van der Waals surface area (Å²) in [5.41, 5.74) is -0.729. The number of nitrogens with zero attached hydrogens (tertiary/aromatic N) is 1. The summed E-state index contributed by atoms with van der Waals surface area (Å²) in [4.78, 5) is 10.7. The SMILES string of the molecule is CCC(=O)NC(C)(C)C#N. The lowest BCUT2D eigenvalue weighted by Gasteiger charge is -2.16. The van der Waals surface area contributed by atoms with Crippen LogP contribution in [0.3, 0.4) is 0 Å². The number of nitrogens with one attached hydrogen (secondary N) is 1. The summed E-state index contributed by atoms with van der Waals surface area (Å²) in [6, 6.07) is 1.97. The monoisotopic (exact) mass is 140 g/mol. The molecule has 10 heavy (non-hydrogen) atoms. The Bertz CT molecular complexity index is 167. The fourth-order valence-electron chi connectivity index (χ4n) is 0.465. The zero-order valence-electron chi connectivity index (χ0n) is 6.56. The molecule has 0 fully saturated rings. The van der Waals surface area contributed by atoms with Gasteiger partial charge in [0.25, 0.3) is 0 Å². The number of rotatable bonds is 2. The Kier molecular flexibility index (Phi) is 2.88. The number of hydrogen-bond acceptors (Lipinski definition) is 2. The summed E-state index contributed by atoms with van der Waals surface area (Å²) in [7, 11) is 0. The molecule has 0 saturated heterocycles. The Labute approximate surface area is 61.0 Å². The molecule has 0 saturated carbocycles. The van der Waals surface area contributed by atoms with Crippen LogP contribution in [0.15, 0.2) is 0 Å². The minimum Gasteiger partial charge on any atom is -0.338 e. The van der Waals surface area contributed by atoms with Crippen molar-refractivity contribution in [3.05, 3.63) is 0 Å². The molecule has 0 aliphatic rings. The summed E-state index contributed by atoms with van der Waals surface area (Å²) in [5.74, 6) is -0.0912. The van der Waals surface area contributed by atoms with Crippen molar-refractivity contribution in [3.8, 4) is 6.07 Å². The third kappa shape index (κ3) is 3.08. The number of hydrogen-bond donors (Lipinski definition) is 1. The van der Waals surface area contributed by atoms with Crippen LogP contribution in [0.25, 0.3) is 0 Å². The lowest BCUT2D eigenvalue weighted by atomic mass is 10.1. The van der Waals surface area contributed by atoms with Crippen molar-refractivity contribution in [2.24, 2.45) is 0 Å². The summed E-state index contributed by atoms with van der Waals surface area (Å²) >= 11 is 0. The quantitative estimate of drug-likeness (QED) is 0.617. The van der Waals surface area contributed by atoms with Gasteiger partial charge in [-0.05, 0) is 13.8 Å². The average molecular weight is 140 g/mol. The van der Waals surface area contributed by atoms with Crippen LogP contribution in [0.2, 0.25) is 0 Å². The Morgan fingerprint density at radius 1 is 1.70 bits per heavy atom. The molecular formula is C7H12N2O.